The summed E-state index contributed by atoms with van der Waals surface area (Å²) in [5.74, 6) is -1.01. The first kappa shape index (κ1) is 35.6. The van der Waals surface area contributed by atoms with E-state index in [9.17, 15) is 19.5 Å². The summed E-state index contributed by atoms with van der Waals surface area (Å²) < 4.78 is 6.01. The van der Waals surface area contributed by atoms with Crippen molar-refractivity contribution in [1.82, 2.24) is 0 Å². The molecule has 0 amide bonds. The Kier molecular flexibility index (Phi) is 8.47. The van der Waals surface area contributed by atoms with Gasteiger partial charge < -0.3 is 9.84 Å². The van der Waals surface area contributed by atoms with Crippen LogP contribution in [0.5, 0.6) is 0 Å². The highest BCUT2D eigenvalue weighted by Crippen LogP contribution is 2.75. The summed E-state index contributed by atoms with van der Waals surface area (Å²) in [4.78, 5) is 55.9. The van der Waals surface area contributed by atoms with Gasteiger partial charge >= 0.3 is 11.9 Å². The van der Waals surface area contributed by atoms with Gasteiger partial charge in [-0.3, -0.25) is 14.4 Å². The zero-order valence-corrected chi connectivity index (χ0v) is 31.4. The monoisotopic (exact) mass is 690 g/mol. The van der Waals surface area contributed by atoms with Crippen molar-refractivity contribution in [1.29, 1.82) is 0 Å². The summed E-state index contributed by atoms with van der Waals surface area (Å²) in [6, 6.07) is 15.9. The van der Waals surface area contributed by atoms with E-state index in [1.54, 1.807) is 25.1 Å². The van der Waals surface area contributed by atoms with Gasteiger partial charge in [0.15, 0.2) is 11.6 Å². The fraction of sp³-hybridized carbons (Fsp3) is 0.556. The zero-order valence-electron chi connectivity index (χ0n) is 31.4. The van der Waals surface area contributed by atoms with Crippen LogP contribution in [-0.2, 0) is 25.7 Å². The largest absolute Gasteiger partial charge is 0.478 e. The number of carboxylic acids is 1. The van der Waals surface area contributed by atoms with Crippen LogP contribution in [0.15, 0.2) is 71.8 Å². The molecule has 0 unspecified atom stereocenters. The summed E-state index contributed by atoms with van der Waals surface area (Å²) in [6.07, 6.45) is 10.2. The van der Waals surface area contributed by atoms with Gasteiger partial charge in [0.1, 0.15) is 12.0 Å². The number of carboxylic acid groups (broad SMARTS) is 1. The molecule has 2 aromatic carbocycles. The third-order valence-corrected chi connectivity index (χ3v) is 15.6. The van der Waals surface area contributed by atoms with E-state index in [1.807, 2.05) is 36.4 Å². The molecule has 6 heteroatoms. The molecular formula is C45H54O6. The molecule has 4 saturated carbocycles. The Morgan fingerprint density at radius 2 is 1.57 bits per heavy atom. The van der Waals surface area contributed by atoms with E-state index in [1.165, 1.54) is 30.5 Å². The van der Waals surface area contributed by atoms with Crippen LogP contribution >= 0.6 is 0 Å². The minimum absolute atomic E-state index is 0.0582. The van der Waals surface area contributed by atoms with E-state index < -0.39 is 28.7 Å². The molecule has 2 aromatic rings. The Labute approximate surface area is 303 Å². The molecule has 10 atom stereocenters. The number of rotatable bonds is 5. The van der Waals surface area contributed by atoms with Crippen molar-refractivity contribution in [2.45, 2.75) is 100 Å². The Bertz CT molecular complexity index is 1840. The predicted octanol–water partition coefficient (Wildman–Crippen LogP) is 9.53. The van der Waals surface area contributed by atoms with Gasteiger partial charge in [0.2, 0.25) is 0 Å². The number of aromatic carboxylic acids is 1. The molecular weight excluding hydrogens is 636 g/mol. The molecule has 270 valence electrons. The average Bonchev–Trinajstić information content (AvgIpc) is 3.09. The fourth-order valence-electron chi connectivity index (χ4n) is 12.4. The number of hydrogen-bond acceptors (Lipinski definition) is 5. The Morgan fingerprint density at radius 1 is 0.882 bits per heavy atom. The van der Waals surface area contributed by atoms with E-state index in [0.717, 1.165) is 24.8 Å². The SMILES string of the molecule is C[C@H]1[C@H](C)CC[C@]2(C)CC[C@]3(C)C(=CC(=O)[C@@H]4[C@@]5(C)C/C(=C\c6ccc(C(=O)O)cc6)C(=O)[C@](C)(C(=O)OCc6ccccc6)[C@@H]5CC[C@]43C)[C@H]12. The molecule has 0 bridgehead atoms. The zero-order chi connectivity index (χ0) is 36.7. The molecule has 0 spiro atoms. The number of allylic oxidation sites excluding steroid dienone is 3. The van der Waals surface area contributed by atoms with E-state index in [0.29, 0.717) is 41.7 Å². The normalized spacial score (nSPS) is 41.0. The molecule has 6 nitrogen and oxygen atoms in total. The first-order valence-electron chi connectivity index (χ1n) is 19.1. The highest BCUT2D eigenvalue weighted by molar-refractivity contribution is 6.15. The lowest BCUT2D eigenvalue weighted by Crippen LogP contribution is -2.68. The lowest BCUT2D eigenvalue weighted by molar-refractivity contribution is -0.196. The number of carbonyl (C=O) groups is 4. The van der Waals surface area contributed by atoms with Gasteiger partial charge in [-0.1, -0.05) is 89.6 Å². The molecule has 0 heterocycles. The summed E-state index contributed by atoms with van der Waals surface area (Å²) in [5.41, 5.74) is 0.961. The van der Waals surface area contributed by atoms with Crippen LogP contribution in [-0.4, -0.2) is 28.6 Å². The molecule has 51 heavy (non-hydrogen) atoms. The lowest BCUT2D eigenvalue weighted by Gasteiger charge is -2.70. The first-order chi connectivity index (χ1) is 24.0. The Balaban J connectivity index is 1.34. The van der Waals surface area contributed by atoms with Crippen molar-refractivity contribution in [3.05, 3.63) is 88.5 Å². The van der Waals surface area contributed by atoms with Gasteiger partial charge in [0.05, 0.1) is 5.56 Å². The second kappa shape index (κ2) is 12.1. The molecule has 7 rings (SSSR count). The molecule has 0 radical (unpaired) electrons. The van der Waals surface area contributed by atoms with E-state index in [2.05, 4.69) is 41.5 Å². The van der Waals surface area contributed by atoms with E-state index in [-0.39, 0.29) is 45.9 Å². The van der Waals surface area contributed by atoms with Crippen molar-refractivity contribution in [3.63, 3.8) is 0 Å². The molecule has 0 aliphatic heterocycles. The number of ketones is 2. The molecule has 5 aliphatic rings. The molecule has 0 aromatic heterocycles. The maximum atomic E-state index is 15.0. The number of ether oxygens (including phenoxy) is 1. The number of hydrogen-bond donors (Lipinski definition) is 1. The Morgan fingerprint density at radius 3 is 2.24 bits per heavy atom. The van der Waals surface area contributed by atoms with E-state index >= 15 is 4.79 Å². The van der Waals surface area contributed by atoms with Crippen molar-refractivity contribution in [2.24, 2.45) is 56.7 Å². The van der Waals surface area contributed by atoms with Crippen molar-refractivity contribution >= 4 is 29.6 Å². The average molecular weight is 691 g/mol. The van der Waals surface area contributed by atoms with Crippen molar-refractivity contribution < 1.29 is 29.0 Å². The van der Waals surface area contributed by atoms with E-state index in [4.69, 9.17) is 4.74 Å². The Hall–Kier alpha value is -3.80. The first-order valence-corrected chi connectivity index (χ1v) is 19.1. The minimum Gasteiger partial charge on any atom is -0.478 e. The minimum atomic E-state index is -1.50. The third kappa shape index (κ3) is 5.16. The maximum absolute atomic E-state index is 15.0. The second-order valence-electron chi connectivity index (χ2n) is 18.2. The lowest BCUT2D eigenvalue weighted by atomic mass is 9.33. The van der Waals surface area contributed by atoms with Gasteiger partial charge in [-0.05, 0) is 138 Å². The molecule has 1 N–H and O–H groups in total. The molecule has 5 aliphatic carbocycles. The summed E-state index contributed by atoms with van der Waals surface area (Å²) >= 11 is 0. The summed E-state index contributed by atoms with van der Waals surface area (Å²) in [6.45, 7) is 16.0. The van der Waals surface area contributed by atoms with Crippen LogP contribution in [0.4, 0.5) is 0 Å². The van der Waals surface area contributed by atoms with Gasteiger partial charge in [-0.2, -0.15) is 0 Å². The summed E-state index contributed by atoms with van der Waals surface area (Å²) in [5, 5.41) is 9.48. The van der Waals surface area contributed by atoms with Gasteiger partial charge in [-0.25, -0.2) is 4.79 Å². The van der Waals surface area contributed by atoms with Crippen LogP contribution < -0.4 is 0 Å². The van der Waals surface area contributed by atoms with Gasteiger partial charge in [-0.15, -0.1) is 0 Å². The van der Waals surface area contributed by atoms with Crippen LogP contribution in [0.2, 0.25) is 0 Å². The molecule has 0 saturated heterocycles. The number of carbonyl (C=O) groups excluding carboxylic acids is 3. The topological polar surface area (TPSA) is 97.7 Å². The molecule has 4 fully saturated rings. The van der Waals surface area contributed by atoms with Gasteiger partial charge in [0, 0.05) is 5.92 Å². The summed E-state index contributed by atoms with van der Waals surface area (Å²) in [7, 11) is 0. The second-order valence-corrected chi connectivity index (χ2v) is 18.2. The highest BCUT2D eigenvalue weighted by atomic mass is 16.5. The quantitative estimate of drug-likeness (QED) is 0.191. The highest BCUT2D eigenvalue weighted by Gasteiger charge is 2.72. The van der Waals surface area contributed by atoms with Crippen LogP contribution in [0, 0.1) is 56.7 Å². The van der Waals surface area contributed by atoms with Crippen molar-refractivity contribution in [3.8, 4) is 0 Å². The number of fused-ring (bicyclic) bond motifs is 7. The maximum Gasteiger partial charge on any atom is 0.335 e. The smallest absolute Gasteiger partial charge is 0.335 e. The number of esters is 1. The standard InChI is InChI=1S/C45H54O6/c1-27-17-19-41(3)21-22-43(5)33(36(41)28(27)2)24-34(46)37-42(4)25-32(23-29-13-15-31(16-14-29)39(48)49)38(47)45(7,35(42)18-20-44(37,43)6)40(50)51-26-30-11-9-8-10-12-30/h8-16,23-24,27-28,35-37H,17-22,25-26H2,1-7H3,(H,48,49)/b32-23+/t27-,28+,35-,36+,37-,41-,42+,43-,44-,45-/m1/s1. The number of Topliss-reactive ketones (excluding diaryl/α,β-unsaturated/α-hetero) is 1. The number of benzene rings is 2. The fourth-order valence-corrected chi connectivity index (χ4v) is 12.4. The van der Waals surface area contributed by atoms with Crippen LogP contribution in [0.3, 0.4) is 0 Å². The predicted molar refractivity (Wildman–Crippen MR) is 197 cm³/mol. The third-order valence-electron chi connectivity index (χ3n) is 15.6. The van der Waals surface area contributed by atoms with Gasteiger partial charge in [0.25, 0.3) is 0 Å². The van der Waals surface area contributed by atoms with Crippen LogP contribution in [0.1, 0.15) is 115 Å². The van der Waals surface area contributed by atoms with Crippen molar-refractivity contribution in [2.75, 3.05) is 0 Å². The van der Waals surface area contributed by atoms with Crippen LogP contribution in [0.25, 0.3) is 6.08 Å².